The fraction of sp³-hybridized carbons (Fsp3) is 0.643. The number of rotatable bonds is 2. The van der Waals surface area contributed by atoms with E-state index in [9.17, 15) is 4.79 Å². The normalized spacial score (nSPS) is 19.8. The molecule has 1 unspecified atom stereocenters. The lowest BCUT2D eigenvalue weighted by Crippen LogP contribution is -2.56. The fourth-order valence-electron chi connectivity index (χ4n) is 2.20. The van der Waals surface area contributed by atoms with E-state index in [1.165, 1.54) is 0 Å². The number of aromatic nitrogens is 2. The average Bonchev–Trinajstić information content (AvgIpc) is 2.37. The van der Waals surface area contributed by atoms with Crippen molar-refractivity contribution < 1.29 is 9.53 Å². The first kappa shape index (κ1) is 14.7. The van der Waals surface area contributed by atoms with Crippen molar-refractivity contribution >= 4 is 11.7 Å². The van der Waals surface area contributed by atoms with Gasteiger partial charge in [0, 0.05) is 19.6 Å². The zero-order valence-corrected chi connectivity index (χ0v) is 12.4. The second-order valence-corrected chi connectivity index (χ2v) is 5.89. The molecule has 1 fully saturated rings. The summed E-state index contributed by atoms with van der Waals surface area (Å²) in [7, 11) is 0. The average molecular weight is 277 g/mol. The molecule has 0 aliphatic carbocycles. The van der Waals surface area contributed by atoms with E-state index in [1.54, 1.807) is 6.20 Å². The fourth-order valence-corrected chi connectivity index (χ4v) is 2.20. The van der Waals surface area contributed by atoms with E-state index in [0.717, 1.165) is 24.5 Å². The van der Waals surface area contributed by atoms with Crippen LogP contribution in [0.15, 0.2) is 6.20 Å². The summed E-state index contributed by atoms with van der Waals surface area (Å²) >= 11 is 0. The SMILES string of the molecule is Cc1n[c]ncc1N1CCNCC1C(=O)OC(C)(C)C. The maximum absolute atomic E-state index is 12.4. The maximum atomic E-state index is 12.4. The van der Waals surface area contributed by atoms with Crippen LogP contribution in [-0.4, -0.2) is 47.2 Å². The van der Waals surface area contributed by atoms with Gasteiger partial charge in [0.1, 0.15) is 11.6 Å². The van der Waals surface area contributed by atoms with Gasteiger partial charge in [-0.15, -0.1) is 0 Å². The molecule has 1 aliphatic heterocycles. The van der Waals surface area contributed by atoms with Crippen LogP contribution in [0.5, 0.6) is 0 Å². The molecule has 1 atom stereocenters. The van der Waals surface area contributed by atoms with Gasteiger partial charge in [-0.2, -0.15) is 0 Å². The van der Waals surface area contributed by atoms with Crippen LogP contribution in [0.1, 0.15) is 26.5 Å². The van der Waals surface area contributed by atoms with Crippen molar-refractivity contribution in [2.45, 2.75) is 39.3 Å². The smallest absolute Gasteiger partial charge is 0.330 e. The molecule has 0 aromatic carbocycles. The van der Waals surface area contributed by atoms with E-state index in [4.69, 9.17) is 4.74 Å². The minimum Gasteiger partial charge on any atom is -0.458 e. The van der Waals surface area contributed by atoms with Gasteiger partial charge in [0.25, 0.3) is 0 Å². The Bertz CT molecular complexity index is 484. The van der Waals surface area contributed by atoms with Crippen molar-refractivity contribution in [3.8, 4) is 0 Å². The molecule has 6 heteroatoms. The monoisotopic (exact) mass is 277 g/mol. The summed E-state index contributed by atoms with van der Waals surface area (Å²) in [6.07, 6.45) is 4.26. The lowest BCUT2D eigenvalue weighted by Gasteiger charge is -2.37. The third-order valence-electron chi connectivity index (χ3n) is 3.06. The first-order valence-electron chi connectivity index (χ1n) is 6.78. The van der Waals surface area contributed by atoms with Crippen LogP contribution in [0.25, 0.3) is 0 Å². The summed E-state index contributed by atoms with van der Waals surface area (Å²) in [6, 6.07) is -0.354. The Kier molecular flexibility index (Phi) is 4.23. The van der Waals surface area contributed by atoms with Gasteiger partial charge in [0.15, 0.2) is 6.33 Å². The molecule has 0 bridgehead atoms. The van der Waals surface area contributed by atoms with Crippen LogP contribution in [0.3, 0.4) is 0 Å². The van der Waals surface area contributed by atoms with E-state index in [1.807, 2.05) is 32.6 Å². The Morgan fingerprint density at radius 3 is 2.95 bits per heavy atom. The highest BCUT2D eigenvalue weighted by Gasteiger charge is 2.33. The van der Waals surface area contributed by atoms with Crippen LogP contribution in [-0.2, 0) is 9.53 Å². The van der Waals surface area contributed by atoms with Crippen LogP contribution in [0.4, 0.5) is 5.69 Å². The minimum atomic E-state index is -0.490. The molecular weight excluding hydrogens is 256 g/mol. The van der Waals surface area contributed by atoms with Gasteiger partial charge >= 0.3 is 5.97 Å². The number of nitrogens with zero attached hydrogens (tertiary/aromatic N) is 3. The van der Waals surface area contributed by atoms with Crippen LogP contribution >= 0.6 is 0 Å². The molecule has 0 spiro atoms. The molecule has 6 nitrogen and oxygen atoms in total. The molecule has 1 aromatic heterocycles. The van der Waals surface area contributed by atoms with Gasteiger partial charge in [-0.05, 0) is 27.7 Å². The van der Waals surface area contributed by atoms with Crippen molar-refractivity contribution in [3.05, 3.63) is 18.2 Å². The van der Waals surface area contributed by atoms with Crippen molar-refractivity contribution in [2.24, 2.45) is 0 Å². The molecule has 1 aromatic rings. The van der Waals surface area contributed by atoms with Gasteiger partial charge in [0.2, 0.25) is 0 Å². The molecule has 1 radical (unpaired) electrons. The molecule has 109 valence electrons. The first-order valence-corrected chi connectivity index (χ1v) is 6.78. The number of hydrogen-bond donors (Lipinski definition) is 1. The zero-order valence-electron chi connectivity index (χ0n) is 12.4. The van der Waals surface area contributed by atoms with E-state index in [2.05, 4.69) is 21.6 Å². The van der Waals surface area contributed by atoms with Gasteiger partial charge in [-0.3, -0.25) is 0 Å². The lowest BCUT2D eigenvalue weighted by atomic mass is 10.1. The summed E-state index contributed by atoms with van der Waals surface area (Å²) < 4.78 is 5.50. The number of ether oxygens (including phenoxy) is 1. The first-order chi connectivity index (χ1) is 9.38. The Balaban J connectivity index is 2.22. The maximum Gasteiger partial charge on any atom is 0.330 e. The van der Waals surface area contributed by atoms with Crippen LogP contribution < -0.4 is 10.2 Å². The largest absolute Gasteiger partial charge is 0.458 e. The topological polar surface area (TPSA) is 67.4 Å². The number of nitrogens with one attached hydrogen (secondary N) is 1. The predicted molar refractivity (Wildman–Crippen MR) is 75.5 cm³/mol. The number of carbonyl (C=O) groups excluding carboxylic acids is 1. The molecule has 1 aliphatic rings. The third-order valence-corrected chi connectivity index (χ3v) is 3.06. The minimum absolute atomic E-state index is 0.225. The van der Waals surface area contributed by atoms with Crippen molar-refractivity contribution in [2.75, 3.05) is 24.5 Å². The number of piperazine rings is 1. The van der Waals surface area contributed by atoms with E-state index >= 15 is 0 Å². The lowest BCUT2D eigenvalue weighted by molar-refractivity contribution is -0.156. The molecule has 0 saturated carbocycles. The number of esters is 1. The number of hydrogen-bond acceptors (Lipinski definition) is 6. The third kappa shape index (κ3) is 3.45. The highest BCUT2D eigenvalue weighted by atomic mass is 16.6. The Morgan fingerprint density at radius 1 is 1.55 bits per heavy atom. The van der Waals surface area contributed by atoms with Gasteiger partial charge < -0.3 is 15.0 Å². The highest BCUT2D eigenvalue weighted by molar-refractivity contribution is 5.81. The molecule has 0 amide bonds. The standard InChI is InChI=1S/C14H21N4O2/c1-10-11(7-16-9-17-10)18-6-5-15-8-12(18)13(19)20-14(2,3)4/h7,12,15H,5-6,8H2,1-4H3. The summed E-state index contributed by atoms with van der Waals surface area (Å²) in [6.45, 7) is 9.61. The van der Waals surface area contributed by atoms with Crippen LogP contribution in [0, 0.1) is 13.3 Å². The van der Waals surface area contributed by atoms with Gasteiger partial charge in [-0.1, -0.05) is 0 Å². The number of anilines is 1. The molecule has 2 heterocycles. The van der Waals surface area contributed by atoms with Crippen LogP contribution in [0.2, 0.25) is 0 Å². The van der Waals surface area contributed by atoms with Gasteiger partial charge in [0.05, 0.1) is 17.6 Å². The summed E-state index contributed by atoms with van der Waals surface area (Å²) in [5.41, 5.74) is 1.19. The predicted octanol–water partition coefficient (Wildman–Crippen LogP) is 0.705. The molecule has 2 rings (SSSR count). The number of aryl methyl sites for hydroxylation is 1. The summed E-state index contributed by atoms with van der Waals surface area (Å²) in [4.78, 5) is 22.4. The second-order valence-electron chi connectivity index (χ2n) is 5.89. The molecular formula is C14H21N4O2. The Morgan fingerprint density at radius 2 is 2.30 bits per heavy atom. The Hall–Kier alpha value is -1.69. The number of carbonyl (C=O) groups is 1. The molecule has 20 heavy (non-hydrogen) atoms. The Labute approximate surface area is 119 Å². The van der Waals surface area contributed by atoms with E-state index < -0.39 is 5.60 Å². The van der Waals surface area contributed by atoms with E-state index in [0.29, 0.717) is 6.54 Å². The quantitative estimate of drug-likeness (QED) is 0.803. The zero-order chi connectivity index (χ0) is 14.8. The van der Waals surface area contributed by atoms with Crippen molar-refractivity contribution in [1.82, 2.24) is 15.3 Å². The summed E-state index contributed by atoms with van der Waals surface area (Å²) in [5.74, 6) is -0.225. The van der Waals surface area contributed by atoms with Crippen molar-refractivity contribution in [3.63, 3.8) is 0 Å². The summed E-state index contributed by atoms with van der Waals surface area (Å²) in [5, 5.41) is 3.23. The molecule has 1 N–H and O–H groups in total. The van der Waals surface area contributed by atoms with Gasteiger partial charge in [-0.25, -0.2) is 14.8 Å². The second kappa shape index (κ2) is 5.75. The highest BCUT2D eigenvalue weighted by Crippen LogP contribution is 2.22. The van der Waals surface area contributed by atoms with Crippen molar-refractivity contribution in [1.29, 1.82) is 0 Å². The molecule has 1 saturated heterocycles. The van der Waals surface area contributed by atoms with E-state index in [-0.39, 0.29) is 12.0 Å².